The van der Waals surface area contributed by atoms with Gasteiger partial charge in [-0.05, 0) is 72.2 Å². The summed E-state index contributed by atoms with van der Waals surface area (Å²) >= 11 is 0. The summed E-state index contributed by atoms with van der Waals surface area (Å²) in [6, 6.07) is 14.8. The predicted octanol–water partition coefficient (Wildman–Crippen LogP) is 8.13. The second kappa shape index (κ2) is 19.3. The molecule has 4 heterocycles. The lowest BCUT2D eigenvalue weighted by atomic mass is 10.0. The lowest BCUT2D eigenvalue weighted by molar-refractivity contribution is -0.123. The first kappa shape index (κ1) is 48.1. The van der Waals surface area contributed by atoms with Crippen molar-refractivity contribution in [2.75, 3.05) is 77.6 Å². The van der Waals surface area contributed by atoms with E-state index in [-0.39, 0.29) is 55.7 Å². The molecule has 1 saturated heterocycles. The van der Waals surface area contributed by atoms with Gasteiger partial charge in [0.25, 0.3) is 23.6 Å². The Hall–Kier alpha value is -5.37. The molecule has 0 unspecified atom stereocenters. The van der Waals surface area contributed by atoms with Gasteiger partial charge in [-0.1, -0.05) is 51.4 Å². The van der Waals surface area contributed by atoms with E-state index in [1.54, 1.807) is 52.3 Å². The van der Waals surface area contributed by atoms with Gasteiger partial charge in [-0.3, -0.25) is 29.0 Å². The van der Waals surface area contributed by atoms with Crippen LogP contribution in [0.4, 0.5) is 11.4 Å². The van der Waals surface area contributed by atoms with E-state index in [1.165, 1.54) is 19.1 Å². The van der Waals surface area contributed by atoms with E-state index in [0.29, 0.717) is 90.3 Å². The van der Waals surface area contributed by atoms with Crippen LogP contribution in [0.25, 0.3) is 5.57 Å². The third kappa shape index (κ3) is 10.4. The molecule has 1 spiro atoms. The second-order valence-corrected chi connectivity index (χ2v) is 32.0. The van der Waals surface area contributed by atoms with Crippen LogP contribution in [0.3, 0.4) is 0 Å². The minimum atomic E-state index is -1.43. The first-order valence-electron chi connectivity index (χ1n) is 23.4. The standard InChI is InChI=1S/C50H66N4O11Si2/c1-59-35-13-11-33(12-14-35)34-23-40-48(57)53(31-62-19-21-66(4,5)6)38-26-44(42(60-2)24-36(38)46(55)51(40)29-34)64-17-10-18-65-45-27-39-37(25-43(45)61-3)47(56)52-30-50(15-16-50)28-41(52)49(58)54(39)32-63-20-22-67(7,8)9/h11-14,24-27,29,40-41H,10,15-23,28,30-32H2,1-9H3/t40-,41-/m0/s1. The van der Waals surface area contributed by atoms with Gasteiger partial charge >= 0.3 is 0 Å². The second-order valence-electron chi connectivity index (χ2n) is 20.8. The number of carbonyl (C=O) groups excluding carboxylic acids is 4. The average Bonchev–Trinajstić information content (AvgIpc) is 3.76. The van der Waals surface area contributed by atoms with Crippen LogP contribution >= 0.6 is 0 Å². The molecule has 0 radical (unpaired) electrons. The average molecular weight is 955 g/mol. The van der Waals surface area contributed by atoms with E-state index in [9.17, 15) is 19.2 Å². The van der Waals surface area contributed by atoms with Gasteiger partial charge in [-0.15, -0.1) is 0 Å². The highest BCUT2D eigenvalue weighted by Gasteiger charge is 2.57. The fourth-order valence-corrected chi connectivity index (χ4v) is 10.6. The van der Waals surface area contributed by atoms with Crippen molar-refractivity contribution in [2.24, 2.45) is 5.41 Å². The Balaban J connectivity index is 1.00. The largest absolute Gasteiger partial charge is 0.497 e. The minimum Gasteiger partial charge on any atom is -0.497 e. The first-order valence-corrected chi connectivity index (χ1v) is 30.8. The van der Waals surface area contributed by atoms with Crippen molar-refractivity contribution < 1.29 is 52.3 Å². The molecular weight excluding hydrogens is 889 g/mol. The van der Waals surface area contributed by atoms with Gasteiger partial charge in [0.2, 0.25) is 0 Å². The van der Waals surface area contributed by atoms with Crippen molar-refractivity contribution in [3.05, 3.63) is 71.4 Å². The Labute approximate surface area is 396 Å². The zero-order valence-electron chi connectivity index (χ0n) is 40.5. The molecule has 67 heavy (non-hydrogen) atoms. The number of ether oxygens (including phenoxy) is 7. The zero-order valence-corrected chi connectivity index (χ0v) is 42.5. The number of methoxy groups -OCH3 is 3. The van der Waals surface area contributed by atoms with E-state index in [4.69, 9.17) is 33.2 Å². The summed E-state index contributed by atoms with van der Waals surface area (Å²) in [7, 11) is 1.83. The van der Waals surface area contributed by atoms with Crippen molar-refractivity contribution in [3.8, 4) is 28.7 Å². The highest BCUT2D eigenvalue weighted by atomic mass is 28.3. The fraction of sp³-hybridized carbons (Fsp3) is 0.520. The van der Waals surface area contributed by atoms with Crippen molar-refractivity contribution in [1.29, 1.82) is 0 Å². The summed E-state index contributed by atoms with van der Waals surface area (Å²) in [6.07, 6.45) is 5.22. The van der Waals surface area contributed by atoms with Crippen molar-refractivity contribution in [2.45, 2.75) is 95.6 Å². The maximum atomic E-state index is 14.6. The minimum absolute atomic E-state index is 0.0302. The molecule has 2 atom stereocenters. The van der Waals surface area contributed by atoms with E-state index in [1.807, 2.05) is 24.3 Å². The van der Waals surface area contributed by atoms with Crippen molar-refractivity contribution >= 4 is 56.7 Å². The molecule has 3 aromatic rings. The van der Waals surface area contributed by atoms with Gasteiger partial charge < -0.3 is 43.0 Å². The van der Waals surface area contributed by atoms with Crippen LogP contribution in [-0.4, -0.2) is 129 Å². The van der Waals surface area contributed by atoms with Crippen LogP contribution in [0.2, 0.25) is 51.4 Å². The summed E-state index contributed by atoms with van der Waals surface area (Å²) in [5.74, 6) is 1.23. The molecule has 3 aromatic carbocycles. The summed E-state index contributed by atoms with van der Waals surface area (Å²) < 4.78 is 41.9. The van der Waals surface area contributed by atoms with Gasteiger partial charge in [0.1, 0.15) is 31.3 Å². The third-order valence-corrected chi connectivity index (χ3v) is 16.8. The van der Waals surface area contributed by atoms with E-state index in [0.717, 1.165) is 36.1 Å². The van der Waals surface area contributed by atoms with Crippen LogP contribution in [0.5, 0.6) is 28.7 Å². The molecule has 360 valence electrons. The molecule has 1 saturated carbocycles. The van der Waals surface area contributed by atoms with Gasteiger partial charge in [0.05, 0.1) is 57.0 Å². The Bertz CT molecular complexity index is 2410. The molecule has 4 amide bonds. The van der Waals surface area contributed by atoms with Gasteiger partial charge in [-0.2, -0.15) is 0 Å². The first-order chi connectivity index (χ1) is 31.9. The summed E-state index contributed by atoms with van der Waals surface area (Å²) in [4.78, 5) is 63.9. The third-order valence-electron chi connectivity index (χ3n) is 13.4. The Kier molecular flexibility index (Phi) is 13.9. The quantitative estimate of drug-likeness (QED) is 0.0800. The van der Waals surface area contributed by atoms with Gasteiger partial charge in [0.15, 0.2) is 23.0 Å². The molecule has 0 bridgehead atoms. The zero-order chi connectivity index (χ0) is 47.8. The molecule has 4 aliphatic heterocycles. The highest BCUT2D eigenvalue weighted by molar-refractivity contribution is 6.76. The number of anilines is 2. The molecular formula is C50H66N4O11Si2. The molecule has 17 heteroatoms. The number of nitrogens with zero attached hydrogens (tertiary/aromatic N) is 4. The van der Waals surface area contributed by atoms with Crippen LogP contribution < -0.4 is 33.5 Å². The highest BCUT2D eigenvalue weighted by Crippen LogP contribution is 2.56. The molecule has 1 aliphatic carbocycles. The molecule has 5 aliphatic rings. The molecule has 2 fully saturated rings. The topological polar surface area (TPSA) is 146 Å². The Morgan fingerprint density at radius 1 is 0.627 bits per heavy atom. The van der Waals surface area contributed by atoms with Crippen LogP contribution in [0.15, 0.2) is 54.7 Å². The molecule has 0 aromatic heterocycles. The Morgan fingerprint density at radius 2 is 1.15 bits per heavy atom. The van der Waals surface area contributed by atoms with E-state index >= 15 is 0 Å². The maximum Gasteiger partial charge on any atom is 0.260 e. The number of fused-ring (bicyclic) bond motifs is 4. The molecule has 0 N–H and O–H groups in total. The summed E-state index contributed by atoms with van der Waals surface area (Å²) in [5, 5.41) is 0. The van der Waals surface area contributed by atoms with Gasteiger partial charge in [-0.25, -0.2) is 0 Å². The normalized spacial score (nSPS) is 19.7. The molecule has 8 rings (SSSR count). The fourth-order valence-electron chi connectivity index (χ4n) is 9.13. The smallest absolute Gasteiger partial charge is 0.260 e. The van der Waals surface area contributed by atoms with E-state index in [2.05, 4.69) is 39.3 Å². The molecule has 15 nitrogen and oxygen atoms in total. The summed E-state index contributed by atoms with van der Waals surface area (Å²) in [5.41, 5.74) is 3.28. The lowest BCUT2D eigenvalue weighted by Gasteiger charge is -2.27. The van der Waals surface area contributed by atoms with Crippen molar-refractivity contribution in [3.63, 3.8) is 0 Å². The number of hydrogen-bond acceptors (Lipinski definition) is 11. The Morgan fingerprint density at radius 3 is 1.64 bits per heavy atom. The number of benzene rings is 3. The maximum absolute atomic E-state index is 14.6. The lowest BCUT2D eigenvalue weighted by Crippen LogP contribution is -2.45. The number of amides is 4. The van der Waals surface area contributed by atoms with E-state index < -0.39 is 28.2 Å². The van der Waals surface area contributed by atoms with Crippen LogP contribution in [0.1, 0.15) is 58.4 Å². The summed E-state index contributed by atoms with van der Waals surface area (Å²) in [6.45, 7) is 15.6. The van der Waals surface area contributed by atoms with Crippen LogP contribution in [-0.2, 0) is 19.1 Å². The SMILES string of the molecule is COc1ccc(C2=CN3C(=O)c4cc(OC)c(OCCCOc5cc6c(cc5OC)C(=O)N5CC7(CC7)C[C@H]5C(=O)N6COCC[Si](C)(C)C)cc4N(COCC[Si](C)(C)C)C(=O)[C@@H]3C2)cc1. The number of carbonyl (C=O) groups is 4. The van der Waals surface area contributed by atoms with Gasteiger partial charge in [0, 0.05) is 67.1 Å². The monoisotopic (exact) mass is 954 g/mol. The number of hydrogen-bond donors (Lipinski definition) is 0. The number of rotatable bonds is 20. The van der Waals surface area contributed by atoms with Crippen LogP contribution in [0, 0.1) is 5.41 Å². The predicted molar refractivity (Wildman–Crippen MR) is 261 cm³/mol. The van der Waals surface area contributed by atoms with Crippen molar-refractivity contribution in [1.82, 2.24) is 9.80 Å².